The van der Waals surface area contributed by atoms with Crippen LogP contribution < -0.4 is 16.4 Å². The van der Waals surface area contributed by atoms with E-state index < -0.39 is 5.97 Å². The molecule has 0 unspecified atom stereocenters. The maximum absolute atomic E-state index is 12.0. The summed E-state index contributed by atoms with van der Waals surface area (Å²) in [5, 5.41) is 6.48. The first-order chi connectivity index (χ1) is 9.81. The van der Waals surface area contributed by atoms with Crippen LogP contribution in [-0.2, 0) is 4.74 Å². The van der Waals surface area contributed by atoms with E-state index in [1.54, 1.807) is 0 Å². The molecule has 7 heteroatoms. The van der Waals surface area contributed by atoms with Gasteiger partial charge in [-0.2, -0.15) is 0 Å². The molecule has 1 aromatic heterocycles. The number of carbonyl (C=O) groups excluding carboxylic acids is 2. The van der Waals surface area contributed by atoms with Crippen molar-refractivity contribution in [3.05, 3.63) is 10.4 Å². The van der Waals surface area contributed by atoms with Crippen molar-refractivity contribution >= 4 is 33.9 Å². The summed E-state index contributed by atoms with van der Waals surface area (Å²) in [7, 11) is 2.83. The second-order valence-corrected chi connectivity index (χ2v) is 6.76. The van der Waals surface area contributed by atoms with Gasteiger partial charge in [0.2, 0.25) is 0 Å². The number of hydrogen-bond donors (Lipinski definition) is 3. The van der Waals surface area contributed by atoms with E-state index in [-0.39, 0.29) is 22.7 Å². The Bertz CT molecular complexity index is 576. The zero-order valence-electron chi connectivity index (χ0n) is 12.7. The van der Waals surface area contributed by atoms with Crippen molar-refractivity contribution in [2.75, 3.05) is 25.2 Å². The fourth-order valence-corrected chi connectivity index (χ4v) is 3.54. The Kier molecular flexibility index (Phi) is 4.13. The molecule has 1 amide bonds. The number of nitrogens with one attached hydrogen (secondary N) is 2. The highest BCUT2D eigenvalue weighted by atomic mass is 32.1. The Balaban J connectivity index is 2.42. The first-order valence-electron chi connectivity index (χ1n) is 6.82. The predicted octanol–water partition coefficient (Wildman–Crippen LogP) is 2.08. The second kappa shape index (κ2) is 5.55. The van der Waals surface area contributed by atoms with Gasteiger partial charge >= 0.3 is 5.97 Å². The van der Waals surface area contributed by atoms with Crippen LogP contribution in [0.3, 0.4) is 0 Å². The second-order valence-electron chi connectivity index (χ2n) is 5.74. The quantitative estimate of drug-likeness (QED) is 0.724. The van der Waals surface area contributed by atoms with Gasteiger partial charge in [0.05, 0.1) is 12.8 Å². The number of nitrogens with two attached hydrogens (primary N) is 1. The van der Waals surface area contributed by atoms with E-state index in [9.17, 15) is 9.59 Å². The molecule has 4 N–H and O–H groups in total. The van der Waals surface area contributed by atoms with Crippen LogP contribution >= 0.6 is 11.3 Å². The van der Waals surface area contributed by atoms with Crippen LogP contribution in [-0.4, -0.2) is 31.6 Å². The number of rotatable bonds is 5. The minimum absolute atomic E-state index is 0.153. The summed E-state index contributed by atoms with van der Waals surface area (Å²) >= 11 is 1.19. The van der Waals surface area contributed by atoms with Crippen molar-refractivity contribution in [3.63, 3.8) is 0 Å². The van der Waals surface area contributed by atoms with E-state index in [1.165, 1.54) is 25.5 Å². The molecule has 6 nitrogen and oxygen atoms in total. The van der Waals surface area contributed by atoms with E-state index in [0.29, 0.717) is 15.8 Å². The van der Waals surface area contributed by atoms with Gasteiger partial charge in [-0.1, -0.05) is 0 Å². The lowest BCUT2D eigenvalue weighted by atomic mass is 9.99. The molecule has 0 bridgehead atoms. The summed E-state index contributed by atoms with van der Waals surface area (Å²) in [6.45, 7) is 4.17. The van der Waals surface area contributed by atoms with Gasteiger partial charge in [0, 0.05) is 12.6 Å². The number of methoxy groups -OCH3 is 1. The monoisotopic (exact) mass is 311 g/mol. The SMILES string of the molecule is CNC(=O)c1sc(NC(C)(C)C2CC2)c(C(=O)OC)c1N. The van der Waals surface area contributed by atoms with Gasteiger partial charge in [-0.3, -0.25) is 4.79 Å². The number of carbonyl (C=O) groups is 2. The van der Waals surface area contributed by atoms with Crippen molar-refractivity contribution in [2.24, 2.45) is 5.92 Å². The zero-order valence-corrected chi connectivity index (χ0v) is 13.5. The maximum atomic E-state index is 12.0. The molecule has 2 rings (SSSR count). The van der Waals surface area contributed by atoms with Gasteiger partial charge in [0.15, 0.2) is 0 Å². The lowest BCUT2D eigenvalue weighted by Crippen LogP contribution is -2.33. The number of anilines is 2. The molecule has 0 spiro atoms. The molecule has 1 saturated carbocycles. The van der Waals surface area contributed by atoms with Crippen molar-refractivity contribution in [1.29, 1.82) is 0 Å². The number of ether oxygens (including phenoxy) is 1. The van der Waals surface area contributed by atoms with Gasteiger partial charge in [0.1, 0.15) is 15.4 Å². The van der Waals surface area contributed by atoms with Gasteiger partial charge in [0.25, 0.3) is 5.91 Å². The van der Waals surface area contributed by atoms with Gasteiger partial charge in [-0.25, -0.2) is 4.79 Å². The Morgan fingerprint density at radius 2 is 2.00 bits per heavy atom. The Morgan fingerprint density at radius 1 is 1.38 bits per heavy atom. The van der Waals surface area contributed by atoms with E-state index in [4.69, 9.17) is 10.5 Å². The van der Waals surface area contributed by atoms with Crippen LogP contribution in [0.2, 0.25) is 0 Å². The van der Waals surface area contributed by atoms with Crippen LogP contribution in [0, 0.1) is 5.92 Å². The van der Waals surface area contributed by atoms with Gasteiger partial charge in [-0.05, 0) is 32.6 Å². The van der Waals surface area contributed by atoms with Crippen molar-refractivity contribution in [3.8, 4) is 0 Å². The van der Waals surface area contributed by atoms with E-state index in [0.717, 1.165) is 12.8 Å². The van der Waals surface area contributed by atoms with E-state index >= 15 is 0 Å². The number of amides is 1. The molecular formula is C14H21N3O3S. The Hall–Kier alpha value is -1.76. The molecule has 1 fully saturated rings. The molecule has 1 aromatic rings. The Morgan fingerprint density at radius 3 is 2.48 bits per heavy atom. The molecule has 1 aliphatic rings. The summed E-state index contributed by atoms with van der Waals surface area (Å²) in [4.78, 5) is 24.2. The summed E-state index contributed by atoms with van der Waals surface area (Å²) in [6.07, 6.45) is 2.33. The van der Waals surface area contributed by atoms with Crippen molar-refractivity contribution < 1.29 is 14.3 Å². The van der Waals surface area contributed by atoms with Crippen LogP contribution in [0.15, 0.2) is 0 Å². The fraction of sp³-hybridized carbons (Fsp3) is 0.571. The van der Waals surface area contributed by atoms with Crippen LogP contribution in [0.4, 0.5) is 10.7 Å². The van der Waals surface area contributed by atoms with Crippen LogP contribution in [0.25, 0.3) is 0 Å². The van der Waals surface area contributed by atoms with Gasteiger partial charge < -0.3 is 21.1 Å². The third kappa shape index (κ3) is 2.97. The molecule has 0 saturated heterocycles. The largest absolute Gasteiger partial charge is 0.465 e. The minimum atomic E-state index is -0.534. The third-order valence-electron chi connectivity index (χ3n) is 3.80. The average molecular weight is 311 g/mol. The summed E-state index contributed by atoms with van der Waals surface area (Å²) in [6, 6.07) is 0. The summed E-state index contributed by atoms with van der Waals surface area (Å²) < 4.78 is 4.79. The van der Waals surface area contributed by atoms with E-state index in [1.807, 2.05) is 0 Å². The number of hydrogen-bond acceptors (Lipinski definition) is 6. The predicted molar refractivity (Wildman–Crippen MR) is 83.9 cm³/mol. The molecular weight excluding hydrogens is 290 g/mol. The van der Waals surface area contributed by atoms with E-state index in [2.05, 4.69) is 24.5 Å². The summed E-state index contributed by atoms with van der Waals surface area (Å²) in [5.41, 5.74) is 6.24. The standard InChI is InChI=1S/C14H21N3O3S/c1-14(2,7-5-6-7)17-12-8(13(19)20-4)9(15)10(21-12)11(18)16-3/h7,17H,5-6,15H2,1-4H3,(H,16,18). The molecule has 116 valence electrons. The summed E-state index contributed by atoms with van der Waals surface area (Å²) in [5.74, 6) is -0.275. The molecule has 1 aliphatic carbocycles. The highest BCUT2D eigenvalue weighted by Gasteiger charge is 2.39. The lowest BCUT2D eigenvalue weighted by molar-refractivity contribution is 0.0603. The number of nitrogen functional groups attached to an aromatic ring is 1. The molecule has 1 heterocycles. The van der Waals surface area contributed by atoms with Crippen molar-refractivity contribution in [1.82, 2.24) is 5.32 Å². The molecule has 0 atom stereocenters. The highest BCUT2D eigenvalue weighted by Crippen LogP contribution is 2.44. The molecule has 0 aliphatic heterocycles. The topological polar surface area (TPSA) is 93.5 Å². The third-order valence-corrected chi connectivity index (χ3v) is 4.92. The Labute approximate surface area is 128 Å². The molecule has 0 radical (unpaired) electrons. The highest BCUT2D eigenvalue weighted by molar-refractivity contribution is 7.19. The lowest BCUT2D eigenvalue weighted by Gasteiger charge is -2.27. The smallest absolute Gasteiger partial charge is 0.343 e. The maximum Gasteiger partial charge on any atom is 0.343 e. The van der Waals surface area contributed by atoms with Crippen LogP contribution in [0.1, 0.15) is 46.7 Å². The van der Waals surface area contributed by atoms with Crippen molar-refractivity contribution in [2.45, 2.75) is 32.2 Å². The fourth-order valence-electron chi connectivity index (χ4n) is 2.32. The number of esters is 1. The van der Waals surface area contributed by atoms with Gasteiger partial charge in [-0.15, -0.1) is 11.3 Å². The first kappa shape index (κ1) is 15.6. The van der Waals surface area contributed by atoms with Crippen LogP contribution in [0.5, 0.6) is 0 Å². The molecule has 0 aromatic carbocycles. The zero-order chi connectivity index (χ0) is 15.8. The normalized spacial score (nSPS) is 14.7. The average Bonchev–Trinajstić information content (AvgIpc) is 3.24. The minimum Gasteiger partial charge on any atom is -0.465 e. The first-order valence-corrected chi connectivity index (χ1v) is 7.64. The number of thiophene rings is 1. The molecule has 21 heavy (non-hydrogen) atoms.